The molecule has 42 heavy (non-hydrogen) atoms. The predicted octanol–water partition coefficient (Wildman–Crippen LogP) is 4.40. The molecule has 0 aromatic heterocycles. The molecule has 0 unspecified atom stereocenters. The third-order valence-corrected chi connectivity index (χ3v) is 8.53. The molecule has 3 aromatic rings. The Labute approximate surface area is 246 Å². The summed E-state index contributed by atoms with van der Waals surface area (Å²) in [6.07, 6.45) is 2.48. The molecule has 0 saturated carbocycles. The molecule has 2 heterocycles. The van der Waals surface area contributed by atoms with Gasteiger partial charge in [-0.15, -0.1) is 0 Å². The van der Waals surface area contributed by atoms with Crippen molar-refractivity contribution in [1.29, 1.82) is 0 Å². The van der Waals surface area contributed by atoms with Crippen LogP contribution >= 0.6 is 0 Å². The van der Waals surface area contributed by atoms with E-state index in [1.165, 1.54) is 30.8 Å². The fourth-order valence-electron chi connectivity index (χ4n) is 5.61. The summed E-state index contributed by atoms with van der Waals surface area (Å²) >= 11 is 0. The molecule has 5 rings (SSSR count). The van der Waals surface area contributed by atoms with Crippen LogP contribution in [0.15, 0.2) is 66.1 Å². The van der Waals surface area contributed by atoms with Crippen LogP contribution in [0.4, 0.5) is 5.69 Å². The smallest absolute Gasteiger partial charge is 0.263 e. The number of nitrogens with zero attached hydrogens (tertiary/aromatic N) is 3. The molecule has 2 aliphatic heterocycles. The van der Waals surface area contributed by atoms with Gasteiger partial charge in [-0.25, -0.2) is 8.42 Å². The zero-order chi connectivity index (χ0) is 30.0. The van der Waals surface area contributed by atoms with Gasteiger partial charge in [0.15, 0.2) is 21.3 Å². The monoisotopic (exact) mass is 589 g/mol. The highest BCUT2D eigenvalue weighted by molar-refractivity contribution is 7.93. The Morgan fingerprint density at radius 1 is 0.857 bits per heavy atom. The lowest BCUT2D eigenvalue weighted by molar-refractivity contribution is 0.0642. The second-order valence-corrected chi connectivity index (χ2v) is 12.5. The number of hydrogen-bond acceptors (Lipinski definition) is 8. The Morgan fingerprint density at radius 3 is 2.17 bits per heavy atom. The number of piperazine rings is 1. The highest BCUT2D eigenvalue weighted by Gasteiger charge is 2.40. The van der Waals surface area contributed by atoms with Gasteiger partial charge in [0.25, 0.3) is 11.8 Å². The molecule has 1 saturated heterocycles. The van der Waals surface area contributed by atoms with Crippen molar-refractivity contribution in [3.8, 4) is 11.5 Å². The predicted molar refractivity (Wildman–Crippen MR) is 163 cm³/mol. The first-order valence-corrected chi connectivity index (χ1v) is 15.7. The summed E-state index contributed by atoms with van der Waals surface area (Å²) in [6, 6.07) is 19.4. The van der Waals surface area contributed by atoms with Crippen molar-refractivity contribution in [3.05, 3.63) is 93.9 Å². The molecular formula is C32H35N3O6S. The Bertz CT molecular complexity index is 1630. The number of methoxy groups -OCH3 is 2. The van der Waals surface area contributed by atoms with Gasteiger partial charge in [-0.05, 0) is 47.9 Å². The summed E-state index contributed by atoms with van der Waals surface area (Å²) in [7, 11) is -0.384. The van der Waals surface area contributed by atoms with Crippen LogP contribution in [0, 0.1) is 0 Å². The highest BCUT2D eigenvalue weighted by Crippen LogP contribution is 2.37. The van der Waals surface area contributed by atoms with E-state index in [0.29, 0.717) is 47.0 Å². The first-order chi connectivity index (χ1) is 20.1. The number of anilines is 1. The fraction of sp³-hybridized carbons (Fsp3) is 0.312. The van der Waals surface area contributed by atoms with Gasteiger partial charge in [-0.3, -0.25) is 19.4 Å². The molecule has 3 aromatic carbocycles. The Kier molecular flexibility index (Phi) is 8.38. The van der Waals surface area contributed by atoms with E-state index in [1.54, 1.807) is 24.3 Å². The van der Waals surface area contributed by atoms with Crippen LogP contribution in [0.3, 0.4) is 0 Å². The van der Waals surface area contributed by atoms with Crippen molar-refractivity contribution in [2.75, 3.05) is 51.6 Å². The second kappa shape index (κ2) is 12.0. The van der Waals surface area contributed by atoms with E-state index in [9.17, 15) is 18.0 Å². The molecule has 1 fully saturated rings. The number of carbonyl (C=O) groups is 2. The van der Waals surface area contributed by atoms with E-state index < -0.39 is 21.7 Å². The Morgan fingerprint density at radius 2 is 1.52 bits per heavy atom. The molecule has 2 aliphatic rings. The highest BCUT2D eigenvalue weighted by atomic mass is 32.2. The van der Waals surface area contributed by atoms with Gasteiger partial charge < -0.3 is 14.4 Å². The molecule has 0 radical (unpaired) electrons. The van der Waals surface area contributed by atoms with Gasteiger partial charge in [-0.1, -0.05) is 42.5 Å². The third-order valence-electron chi connectivity index (χ3n) is 7.90. The first-order valence-electron chi connectivity index (χ1n) is 13.8. The lowest BCUT2D eigenvalue weighted by Gasteiger charge is -2.39. The van der Waals surface area contributed by atoms with Crippen molar-refractivity contribution < 1.29 is 27.5 Å². The van der Waals surface area contributed by atoms with Crippen LogP contribution < -0.4 is 14.4 Å². The van der Waals surface area contributed by atoms with Crippen molar-refractivity contribution in [2.24, 2.45) is 0 Å². The standard InChI is InChI=1S/C32H35N3O6S/c1-22(24-8-6-5-7-9-24)33-15-17-34(18-16-33)26-12-11-25(14-19-42(4,38)39)29-30(26)32(37)35(31(29)36)21-23-10-13-27(40-2)28(20-23)41-3/h5-14,19-20,22H,15-18,21H2,1-4H3/b19-14+/t22-/m1/s1. The van der Waals surface area contributed by atoms with Gasteiger partial charge in [0, 0.05) is 43.9 Å². The van der Waals surface area contributed by atoms with Crippen molar-refractivity contribution >= 4 is 33.4 Å². The Balaban J connectivity index is 1.46. The average molecular weight is 590 g/mol. The van der Waals surface area contributed by atoms with Crippen molar-refractivity contribution in [3.63, 3.8) is 0 Å². The average Bonchev–Trinajstić information content (AvgIpc) is 3.25. The maximum atomic E-state index is 13.9. The van der Waals surface area contributed by atoms with Crippen LogP contribution in [-0.4, -0.2) is 76.7 Å². The molecule has 0 N–H and O–H groups in total. The van der Waals surface area contributed by atoms with Crippen molar-refractivity contribution in [2.45, 2.75) is 19.5 Å². The SMILES string of the molecule is COc1ccc(CN2C(=O)c3c(/C=C/S(C)(=O)=O)ccc(N4CCN([C@H](C)c5ccccc5)CC4)c3C2=O)cc1OC. The minimum absolute atomic E-state index is 0.0315. The molecule has 0 spiro atoms. The molecule has 9 nitrogen and oxygen atoms in total. The molecular weight excluding hydrogens is 554 g/mol. The number of imide groups is 1. The van der Waals surface area contributed by atoms with Crippen LogP contribution in [0.2, 0.25) is 0 Å². The van der Waals surface area contributed by atoms with E-state index in [4.69, 9.17) is 9.47 Å². The van der Waals surface area contributed by atoms with Crippen LogP contribution in [0.25, 0.3) is 6.08 Å². The number of fused-ring (bicyclic) bond motifs is 1. The van der Waals surface area contributed by atoms with Gasteiger partial charge in [0.05, 0.1) is 37.6 Å². The lowest BCUT2D eigenvalue weighted by Crippen LogP contribution is -2.47. The second-order valence-electron chi connectivity index (χ2n) is 10.6. The van der Waals surface area contributed by atoms with Gasteiger partial charge >= 0.3 is 0 Å². The van der Waals surface area contributed by atoms with Gasteiger partial charge in [-0.2, -0.15) is 0 Å². The van der Waals surface area contributed by atoms with Gasteiger partial charge in [0.2, 0.25) is 0 Å². The first kappa shape index (κ1) is 29.3. The molecule has 0 bridgehead atoms. The summed E-state index contributed by atoms with van der Waals surface area (Å²) in [5.74, 6) is 0.164. The van der Waals surface area contributed by atoms with Gasteiger partial charge in [0.1, 0.15) is 0 Å². The fourth-order valence-corrected chi connectivity index (χ4v) is 6.01. The third kappa shape index (κ3) is 5.91. The summed E-state index contributed by atoms with van der Waals surface area (Å²) in [5.41, 5.74) is 3.55. The number of ether oxygens (including phenoxy) is 2. The summed E-state index contributed by atoms with van der Waals surface area (Å²) in [6.45, 7) is 5.16. The van der Waals surface area contributed by atoms with Crippen LogP contribution in [-0.2, 0) is 16.4 Å². The van der Waals surface area contributed by atoms with E-state index >= 15 is 0 Å². The largest absolute Gasteiger partial charge is 0.493 e. The number of rotatable bonds is 9. The van der Waals surface area contributed by atoms with E-state index in [2.05, 4.69) is 28.9 Å². The molecule has 0 aliphatic carbocycles. The maximum absolute atomic E-state index is 13.9. The minimum atomic E-state index is -3.45. The Hall–Kier alpha value is -4.15. The van der Waals surface area contributed by atoms with Crippen LogP contribution in [0.1, 0.15) is 50.4 Å². The number of hydrogen-bond donors (Lipinski definition) is 0. The zero-order valence-electron chi connectivity index (χ0n) is 24.2. The zero-order valence-corrected chi connectivity index (χ0v) is 25.1. The summed E-state index contributed by atoms with van der Waals surface area (Å²) < 4.78 is 34.5. The summed E-state index contributed by atoms with van der Waals surface area (Å²) in [5, 5.41) is 1.06. The normalized spacial score (nSPS) is 16.7. The number of sulfone groups is 1. The van der Waals surface area contributed by atoms with Crippen molar-refractivity contribution in [1.82, 2.24) is 9.80 Å². The number of benzene rings is 3. The van der Waals surface area contributed by atoms with E-state index in [1.807, 2.05) is 24.3 Å². The molecule has 10 heteroatoms. The maximum Gasteiger partial charge on any atom is 0.263 e. The molecule has 1 atom stereocenters. The quantitative estimate of drug-likeness (QED) is 0.339. The van der Waals surface area contributed by atoms with Crippen LogP contribution in [0.5, 0.6) is 11.5 Å². The molecule has 220 valence electrons. The topological polar surface area (TPSA) is 96.5 Å². The number of amides is 2. The summed E-state index contributed by atoms with van der Waals surface area (Å²) in [4.78, 5) is 33.5. The molecule has 2 amide bonds. The lowest BCUT2D eigenvalue weighted by atomic mass is 9.99. The van der Waals surface area contributed by atoms with E-state index in [-0.39, 0.29) is 18.2 Å². The minimum Gasteiger partial charge on any atom is -0.493 e. The van der Waals surface area contributed by atoms with E-state index in [0.717, 1.165) is 24.8 Å². The number of carbonyl (C=O) groups excluding carboxylic acids is 2.